The predicted molar refractivity (Wildman–Crippen MR) is 443 cm³/mol. The first-order valence-electron chi connectivity index (χ1n) is 39.2. The van der Waals surface area contributed by atoms with Crippen LogP contribution in [0, 0.1) is 17.5 Å². The van der Waals surface area contributed by atoms with Crippen LogP contribution in [-0.2, 0) is 48.7 Å². The molecule has 12 aromatic rings. The molecule has 3 aromatic carbocycles. The zero-order valence-electron chi connectivity index (χ0n) is 66.4. The van der Waals surface area contributed by atoms with Crippen LogP contribution in [-0.4, -0.2) is 223 Å². The summed E-state index contributed by atoms with van der Waals surface area (Å²) in [5, 5.41) is 36.3. The molecule has 1 aliphatic carbocycles. The Morgan fingerprint density at radius 2 is 0.924 bits per heavy atom. The number of rotatable bonds is 18. The molecule has 32 heteroatoms. The summed E-state index contributed by atoms with van der Waals surface area (Å²) in [4.78, 5) is 93.1. The van der Waals surface area contributed by atoms with Gasteiger partial charge in [-0.1, -0.05) is 18.2 Å². The standard InChI is InChI=1S/C29H31FN8O2.C29H31FN6O3.C28H29F2N7O2/c1-35(2)17-22-23(37-10-9-27(39)36(3)12-13-37)6-7-25(34-22)33-21-5-4-19(20-15-32-29(40)28(20)21)24-16-31-26-14-18(30)8-11-38(24)26;1-34(2)16-23-24(35-11-12-39-17-19(37)15-35)6-8-27(33-23)32-22-5-3-20(21-4-7-26(38)29(21)22)25-14-31-28-13-18(30)9-10-36(25)28;1-35(2)14-21-22(36-9-8-19(30)24(38)15-36)5-6-25(34-21)33-20-4-3-17(18-12-32-28(39)27(18)20)23-13-31-26-11-16(29)7-10-37(23)26/h4-8,11,14,16H,9-10,12-13,15,17H2,1-3H3,(H,32,40)(H,33,34);3,5-6,8-10,13-14,19,37H,4,7,11-12,15-17H2,1-2H3,(H,32,33);3-7,10-11,13,19,24,38H,8-9,12,14-15H2,1-2H3,(H,32,39)(H,33,34)/t;19-;19-,24-/m.11/s1. The van der Waals surface area contributed by atoms with Crippen LogP contribution in [0.2, 0.25) is 0 Å². The van der Waals surface area contributed by atoms with Crippen molar-refractivity contribution in [1.29, 1.82) is 0 Å². The Morgan fingerprint density at radius 1 is 0.492 bits per heavy atom. The van der Waals surface area contributed by atoms with E-state index < -0.39 is 18.4 Å². The van der Waals surface area contributed by atoms with Crippen molar-refractivity contribution in [2.75, 3.05) is 139 Å². The van der Waals surface area contributed by atoms with Gasteiger partial charge in [0.25, 0.3) is 11.8 Å². The van der Waals surface area contributed by atoms with E-state index in [0.29, 0.717) is 166 Å². The van der Waals surface area contributed by atoms with Gasteiger partial charge < -0.3 is 75.8 Å². The van der Waals surface area contributed by atoms with E-state index in [4.69, 9.17) is 19.7 Å². The summed E-state index contributed by atoms with van der Waals surface area (Å²) in [6.45, 7) is 7.30. The number of ether oxygens (including phenoxy) is 1. The van der Waals surface area contributed by atoms with E-state index in [1.165, 1.54) is 36.4 Å². The second-order valence-electron chi connectivity index (χ2n) is 31.1. The molecule has 9 aromatic heterocycles. The third kappa shape index (κ3) is 16.5. The number of fused-ring (bicyclic) bond motifs is 6. The average molecular weight is 1610 g/mol. The molecule has 610 valence electrons. The number of anilines is 9. The summed E-state index contributed by atoms with van der Waals surface area (Å²) >= 11 is 0. The molecule has 0 radical (unpaired) electrons. The number of nitrogens with one attached hydrogen (secondary N) is 5. The zero-order valence-corrected chi connectivity index (χ0v) is 66.4. The molecule has 14 heterocycles. The predicted octanol–water partition coefficient (Wildman–Crippen LogP) is 10.4. The molecule has 28 nitrogen and oxygen atoms in total. The van der Waals surface area contributed by atoms with Crippen LogP contribution in [0.25, 0.3) is 50.7 Å². The summed E-state index contributed by atoms with van der Waals surface area (Å²) in [5.41, 5.74) is 18.2. The van der Waals surface area contributed by atoms with Gasteiger partial charge in [0.1, 0.15) is 64.1 Å². The number of carbonyl (C=O) groups excluding carboxylic acids is 4. The SMILES string of the molecule is CN(C)Cc1nc(Nc2ccc(-c3cnc4cc(F)ccn34)c3c2C(=O)CC3)ccc1N1CCOC[C@H](O)C1.CN(C)Cc1nc(Nc2ccc(-c3cnc4cc(F)ccn34)c3c2C(=O)NC3)ccc1N1CCC(=O)N(C)CC1.CN(C)Cc1nc(Nc2ccc(-c3cnc4cc(F)ccn34)c3c2C(=O)NC3)ccc1N1CC[C@@H](F)[C@H](O)C1. The Hall–Kier alpha value is -12.5. The molecule has 118 heavy (non-hydrogen) atoms. The van der Waals surface area contributed by atoms with Gasteiger partial charge in [0.2, 0.25) is 5.91 Å². The number of likely N-dealkylation sites (N-methyl/N-ethyl adjacent to an activating group) is 1. The summed E-state index contributed by atoms with van der Waals surface area (Å²) in [6, 6.07) is 31.4. The van der Waals surface area contributed by atoms with Crippen molar-refractivity contribution in [2.24, 2.45) is 0 Å². The number of amides is 3. The average Bonchev–Trinajstić information content (AvgIpc) is 1.60. The van der Waals surface area contributed by atoms with Crippen molar-refractivity contribution in [3.63, 3.8) is 0 Å². The quantitative estimate of drug-likeness (QED) is 0.0393. The highest BCUT2D eigenvalue weighted by Crippen LogP contribution is 2.42. The topological polar surface area (TPSA) is 291 Å². The van der Waals surface area contributed by atoms with Crippen molar-refractivity contribution in [3.8, 4) is 33.8 Å². The van der Waals surface area contributed by atoms with Crippen molar-refractivity contribution in [2.45, 2.75) is 76.8 Å². The van der Waals surface area contributed by atoms with Gasteiger partial charge in [-0.3, -0.25) is 32.4 Å². The number of β-amino-alcohol motifs (C(OH)–C–C–N with tert-alkyl or cyclic N) is 2. The highest BCUT2D eigenvalue weighted by molar-refractivity contribution is 6.09. The van der Waals surface area contributed by atoms with Crippen LogP contribution in [0.4, 0.5) is 69.1 Å². The fourth-order valence-corrected chi connectivity index (χ4v) is 16.3. The monoisotopic (exact) mass is 1610 g/mol. The molecule has 5 aliphatic heterocycles. The first-order chi connectivity index (χ1) is 56.9. The lowest BCUT2D eigenvalue weighted by Gasteiger charge is -2.35. The minimum atomic E-state index is -1.22. The molecule has 0 spiro atoms. The summed E-state index contributed by atoms with van der Waals surface area (Å²) in [6.07, 6.45) is 9.01. The molecule has 0 bridgehead atoms. The number of Topliss-reactive ketones (excluding diaryl/α,β-unsaturated/α-hetero) is 1. The van der Waals surface area contributed by atoms with E-state index in [1.807, 2.05) is 141 Å². The van der Waals surface area contributed by atoms with Gasteiger partial charge in [0.15, 0.2) is 5.78 Å². The number of hydrogen-bond donors (Lipinski definition) is 7. The molecular weight excluding hydrogens is 1520 g/mol. The number of aromatic nitrogens is 9. The van der Waals surface area contributed by atoms with Crippen LogP contribution < -0.4 is 41.3 Å². The number of ketones is 1. The Bertz CT molecular complexity index is 5870. The fraction of sp³-hybridized carbons (Fsp3) is 0.326. The Balaban J connectivity index is 0.000000132. The van der Waals surface area contributed by atoms with E-state index >= 15 is 0 Å². The second-order valence-corrected chi connectivity index (χ2v) is 31.1. The maximum absolute atomic E-state index is 13.9. The van der Waals surface area contributed by atoms with Crippen molar-refractivity contribution in [3.05, 3.63) is 214 Å². The maximum atomic E-state index is 13.9. The lowest BCUT2D eigenvalue weighted by atomic mass is 9.99. The molecule has 3 fully saturated rings. The molecule has 3 amide bonds. The highest BCUT2D eigenvalue weighted by Gasteiger charge is 2.34. The number of aliphatic hydroxyl groups excluding tert-OH is 2. The number of alkyl halides is 1. The third-order valence-corrected chi connectivity index (χ3v) is 21.9. The number of pyridine rings is 6. The fourth-order valence-electron chi connectivity index (χ4n) is 16.3. The van der Waals surface area contributed by atoms with E-state index in [2.05, 4.69) is 61.1 Å². The molecule has 3 atom stereocenters. The molecule has 3 saturated heterocycles. The van der Waals surface area contributed by atoms with Crippen LogP contribution in [0.5, 0.6) is 0 Å². The first-order valence-corrected chi connectivity index (χ1v) is 39.2. The number of benzene rings is 3. The Labute approximate surface area is 677 Å². The van der Waals surface area contributed by atoms with Gasteiger partial charge in [-0.05, 0) is 145 Å². The van der Waals surface area contributed by atoms with E-state index in [1.54, 1.807) is 46.5 Å². The Morgan fingerprint density at radius 3 is 1.37 bits per heavy atom. The maximum Gasteiger partial charge on any atom is 0.254 e. The minimum Gasteiger partial charge on any atom is -0.389 e. The molecule has 18 rings (SSSR count). The van der Waals surface area contributed by atoms with Gasteiger partial charge in [0.05, 0.1) is 117 Å². The van der Waals surface area contributed by atoms with Gasteiger partial charge in [-0.25, -0.2) is 47.5 Å². The number of imidazole rings is 3. The number of halogens is 4. The first kappa shape index (κ1) is 79.4. The second kappa shape index (κ2) is 33.6. The molecule has 7 N–H and O–H groups in total. The van der Waals surface area contributed by atoms with Crippen molar-refractivity contribution < 1.29 is 51.7 Å². The minimum absolute atomic E-state index is 0.0814. The molecule has 0 unspecified atom stereocenters. The number of nitrogens with zero attached hydrogens (tertiary/aromatic N) is 16. The zero-order chi connectivity index (χ0) is 82.3. The largest absolute Gasteiger partial charge is 0.389 e. The lowest BCUT2D eigenvalue weighted by molar-refractivity contribution is -0.129. The number of hydrogen-bond acceptors (Lipinski definition) is 22. The van der Waals surface area contributed by atoms with Gasteiger partial charge in [0, 0.05) is 157 Å². The number of piperidine rings is 1. The summed E-state index contributed by atoms with van der Waals surface area (Å²) < 4.78 is 65.9. The van der Waals surface area contributed by atoms with Gasteiger partial charge >= 0.3 is 0 Å². The van der Waals surface area contributed by atoms with Crippen LogP contribution in [0.1, 0.15) is 84.1 Å². The molecule has 0 saturated carbocycles. The van der Waals surface area contributed by atoms with Gasteiger partial charge in [-0.15, -0.1) is 0 Å². The molecular formula is C86H91F4N21O7. The van der Waals surface area contributed by atoms with Gasteiger partial charge in [-0.2, -0.15) is 0 Å². The number of aliphatic hydroxyl groups is 2. The number of carbonyl (C=O) groups is 4. The van der Waals surface area contributed by atoms with Crippen LogP contribution in [0.15, 0.2) is 146 Å². The normalized spacial score (nSPS) is 17.4. The molecule has 6 aliphatic rings. The lowest BCUT2D eigenvalue weighted by Crippen LogP contribution is -2.45. The van der Waals surface area contributed by atoms with E-state index in [0.717, 1.165) is 91.2 Å². The van der Waals surface area contributed by atoms with Crippen molar-refractivity contribution >= 4 is 92.0 Å². The third-order valence-electron chi connectivity index (χ3n) is 21.9. The summed E-state index contributed by atoms with van der Waals surface area (Å²) in [7, 11) is 13.7. The smallest absolute Gasteiger partial charge is 0.254 e. The van der Waals surface area contributed by atoms with E-state index in [-0.39, 0.29) is 53.9 Å². The Kier molecular flexibility index (Phi) is 22.6. The van der Waals surface area contributed by atoms with Crippen LogP contribution in [0.3, 0.4) is 0 Å². The van der Waals surface area contributed by atoms with Crippen molar-refractivity contribution in [1.82, 2.24) is 73.3 Å². The van der Waals surface area contributed by atoms with E-state index in [9.17, 15) is 47.0 Å². The highest BCUT2D eigenvalue weighted by atomic mass is 19.1. The van der Waals surface area contributed by atoms with Crippen LogP contribution >= 0.6 is 0 Å². The summed E-state index contributed by atoms with van der Waals surface area (Å²) in [5.74, 6) is 0.651.